The Morgan fingerprint density at radius 1 is 1.00 bits per heavy atom. The molecule has 1 aliphatic carbocycles. The Labute approximate surface area is 225 Å². The number of carbonyl (C=O) groups is 1. The Bertz CT molecular complexity index is 1500. The SMILES string of the molecule is Cc1cc(-n2c(C(C)C)c(C3CC(COC(=O)C(F)(F)F)C3)c3cc(Cc4ccccc4)ccc32)ccc1F. The Hall–Kier alpha value is -3.61. The lowest BCUT2D eigenvalue weighted by atomic mass is 9.70. The van der Waals surface area contributed by atoms with Crippen LogP contribution in [0.1, 0.15) is 66.5 Å². The molecule has 3 aromatic carbocycles. The fourth-order valence-corrected chi connectivity index (χ4v) is 5.75. The molecule has 0 spiro atoms. The largest absolute Gasteiger partial charge is 0.490 e. The van der Waals surface area contributed by atoms with E-state index >= 15 is 0 Å². The van der Waals surface area contributed by atoms with Crippen molar-refractivity contribution in [2.24, 2.45) is 5.92 Å². The molecular formula is C32H31F4NO2. The zero-order chi connectivity index (χ0) is 27.9. The minimum Gasteiger partial charge on any atom is -0.459 e. The fraction of sp³-hybridized carbons (Fsp3) is 0.344. The molecule has 0 amide bonds. The van der Waals surface area contributed by atoms with Crippen LogP contribution in [-0.4, -0.2) is 23.3 Å². The van der Waals surface area contributed by atoms with E-state index in [-0.39, 0.29) is 30.2 Å². The smallest absolute Gasteiger partial charge is 0.459 e. The normalized spacial score (nSPS) is 17.4. The van der Waals surface area contributed by atoms with Crippen LogP contribution in [0.25, 0.3) is 16.6 Å². The monoisotopic (exact) mass is 537 g/mol. The highest BCUT2D eigenvalue weighted by atomic mass is 19.4. The second kappa shape index (κ2) is 10.5. The van der Waals surface area contributed by atoms with E-state index in [4.69, 9.17) is 0 Å². The Morgan fingerprint density at radius 2 is 1.72 bits per heavy atom. The van der Waals surface area contributed by atoms with Crippen LogP contribution in [0.4, 0.5) is 17.6 Å². The molecule has 1 aromatic heterocycles. The number of halogens is 4. The summed E-state index contributed by atoms with van der Waals surface area (Å²) in [5.74, 6) is -2.27. The Balaban J connectivity index is 1.56. The number of fused-ring (bicyclic) bond motifs is 1. The number of nitrogens with zero attached hydrogens (tertiary/aromatic N) is 1. The van der Waals surface area contributed by atoms with Gasteiger partial charge in [0.2, 0.25) is 0 Å². The molecule has 3 nitrogen and oxygen atoms in total. The number of carbonyl (C=O) groups excluding carboxylic acids is 1. The van der Waals surface area contributed by atoms with Crippen LogP contribution in [-0.2, 0) is 16.0 Å². The summed E-state index contributed by atoms with van der Waals surface area (Å²) in [6, 6.07) is 21.8. The standard InChI is InChI=1S/C32H31F4NO2/c1-19(2)30-29(24-15-23(16-24)18-39-31(38)32(34,35)36)26-17-22(14-21-7-5-4-6-8-21)9-12-28(26)37(30)25-10-11-27(33)20(3)13-25/h4-13,17,19,23-24H,14-16,18H2,1-3H3. The van der Waals surface area contributed by atoms with E-state index in [0.717, 1.165) is 34.3 Å². The van der Waals surface area contributed by atoms with Gasteiger partial charge in [0.15, 0.2) is 0 Å². The van der Waals surface area contributed by atoms with Gasteiger partial charge < -0.3 is 9.30 Å². The maximum absolute atomic E-state index is 14.2. The third-order valence-corrected chi connectivity index (χ3v) is 7.63. The number of esters is 1. The van der Waals surface area contributed by atoms with Crippen molar-refractivity contribution in [1.29, 1.82) is 0 Å². The lowest BCUT2D eigenvalue weighted by molar-refractivity contribution is -0.201. The summed E-state index contributed by atoms with van der Waals surface area (Å²) in [5.41, 5.74) is 7.10. The number of ether oxygens (including phenoxy) is 1. The zero-order valence-electron chi connectivity index (χ0n) is 22.2. The minimum atomic E-state index is -4.98. The fourth-order valence-electron chi connectivity index (χ4n) is 5.75. The lowest BCUT2D eigenvalue weighted by Crippen LogP contribution is -2.32. The van der Waals surface area contributed by atoms with Gasteiger partial charge in [-0.05, 0) is 96.5 Å². The van der Waals surface area contributed by atoms with Crippen molar-refractivity contribution in [2.45, 2.75) is 58.0 Å². The molecule has 5 rings (SSSR count). The summed E-state index contributed by atoms with van der Waals surface area (Å²) in [6.45, 7) is 5.76. The highest BCUT2D eigenvalue weighted by molar-refractivity contribution is 5.89. The Kier molecular flexibility index (Phi) is 7.27. The van der Waals surface area contributed by atoms with Crippen molar-refractivity contribution >= 4 is 16.9 Å². The zero-order valence-corrected chi connectivity index (χ0v) is 22.2. The molecule has 0 N–H and O–H groups in total. The van der Waals surface area contributed by atoms with Gasteiger partial charge in [-0.25, -0.2) is 9.18 Å². The number of benzene rings is 3. The second-order valence-electron chi connectivity index (χ2n) is 10.9. The molecule has 0 saturated heterocycles. The van der Waals surface area contributed by atoms with Gasteiger partial charge in [0.1, 0.15) is 5.82 Å². The van der Waals surface area contributed by atoms with Crippen molar-refractivity contribution < 1.29 is 27.1 Å². The van der Waals surface area contributed by atoms with Gasteiger partial charge in [0.05, 0.1) is 12.1 Å². The molecule has 0 bridgehead atoms. The number of hydrogen-bond acceptors (Lipinski definition) is 2. The molecule has 1 heterocycles. The van der Waals surface area contributed by atoms with E-state index in [1.54, 1.807) is 13.0 Å². The third kappa shape index (κ3) is 5.45. The summed E-state index contributed by atoms with van der Waals surface area (Å²) in [6.07, 6.45) is -2.94. The first-order chi connectivity index (χ1) is 18.5. The summed E-state index contributed by atoms with van der Waals surface area (Å²) in [7, 11) is 0. The van der Waals surface area contributed by atoms with Gasteiger partial charge in [-0.1, -0.05) is 50.2 Å². The molecule has 0 unspecified atom stereocenters. The van der Waals surface area contributed by atoms with Crippen molar-refractivity contribution in [3.05, 3.63) is 100 Å². The maximum Gasteiger partial charge on any atom is 0.490 e. The number of aryl methyl sites for hydroxylation is 1. The van der Waals surface area contributed by atoms with Crippen LogP contribution < -0.4 is 0 Å². The average Bonchev–Trinajstić information content (AvgIpc) is 3.19. The minimum absolute atomic E-state index is 0.120. The van der Waals surface area contributed by atoms with Gasteiger partial charge in [-0.3, -0.25) is 0 Å². The third-order valence-electron chi connectivity index (χ3n) is 7.63. The van der Waals surface area contributed by atoms with Gasteiger partial charge in [-0.15, -0.1) is 0 Å². The summed E-state index contributed by atoms with van der Waals surface area (Å²) < 4.78 is 58.7. The van der Waals surface area contributed by atoms with E-state index in [2.05, 4.69) is 53.5 Å². The summed E-state index contributed by atoms with van der Waals surface area (Å²) in [5, 5.41) is 1.10. The molecule has 204 valence electrons. The highest BCUT2D eigenvalue weighted by Crippen LogP contribution is 2.49. The molecular weight excluding hydrogens is 506 g/mol. The molecule has 0 aliphatic heterocycles. The molecule has 1 fully saturated rings. The number of rotatable bonds is 7. The van der Waals surface area contributed by atoms with E-state index < -0.39 is 12.1 Å². The second-order valence-corrected chi connectivity index (χ2v) is 10.9. The highest BCUT2D eigenvalue weighted by Gasteiger charge is 2.42. The molecule has 0 radical (unpaired) electrons. The van der Waals surface area contributed by atoms with Crippen LogP contribution in [0.15, 0.2) is 66.7 Å². The number of hydrogen-bond donors (Lipinski definition) is 0. The van der Waals surface area contributed by atoms with Crippen LogP contribution >= 0.6 is 0 Å². The number of aromatic nitrogens is 1. The van der Waals surface area contributed by atoms with Crippen molar-refractivity contribution in [3.8, 4) is 5.69 Å². The van der Waals surface area contributed by atoms with Crippen LogP contribution in [0, 0.1) is 18.7 Å². The average molecular weight is 538 g/mol. The predicted molar refractivity (Wildman–Crippen MR) is 144 cm³/mol. The Morgan fingerprint density at radius 3 is 2.36 bits per heavy atom. The lowest BCUT2D eigenvalue weighted by Gasteiger charge is -2.36. The van der Waals surface area contributed by atoms with E-state index in [9.17, 15) is 22.4 Å². The topological polar surface area (TPSA) is 31.2 Å². The molecule has 7 heteroatoms. The molecule has 0 atom stereocenters. The van der Waals surface area contributed by atoms with Crippen LogP contribution in [0.5, 0.6) is 0 Å². The summed E-state index contributed by atoms with van der Waals surface area (Å²) >= 11 is 0. The first-order valence-electron chi connectivity index (χ1n) is 13.2. The van der Waals surface area contributed by atoms with Crippen molar-refractivity contribution in [2.75, 3.05) is 6.61 Å². The van der Waals surface area contributed by atoms with E-state index in [1.165, 1.54) is 17.2 Å². The summed E-state index contributed by atoms with van der Waals surface area (Å²) in [4.78, 5) is 11.2. The van der Waals surface area contributed by atoms with Gasteiger partial charge >= 0.3 is 12.1 Å². The molecule has 1 saturated carbocycles. The van der Waals surface area contributed by atoms with E-state index in [1.807, 2.05) is 24.3 Å². The molecule has 39 heavy (non-hydrogen) atoms. The van der Waals surface area contributed by atoms with Gasteiger partial charge in [0, 0.05) is 16.8 Å². The van der Waals surface area contributed by atoms with Crippen LogP contribution in [0.3, 0.4) is 0 Å². The quantitative estimate of drug-likeness (QED) is 0.175. The first kappa shape index (κ1) is 27.0. The van der Waals surface area contributed by atoms with Crippen LogP contribution in [0.2, 0.25) is 0 Å². The molecule has 1 aliphatic rings. The van der Waals surface area contributed by atoms with Gasteiger partial charge in [0.25, 0.3) is 0 Å². The van der Waals surface area contributed by atoms with Crippen molar-refractivity contribution in [3.63, 3.8) is 0 Å². The predicted octanol–water partition coefficient (Wildman–Crippen LogP) is 8.39. The van der Waals surface area contributed by atoms with Crippen molar-refractivity contribution in [1.82, 2.24) is 4.57 Å². The van der Waals surface area contributed by atoms with Gasteiger partial charge in [-0.2, -0.15) is 13.2 Å². The maximum atomic E-state index is 14.2. The molecule has 4 aromatic rings. The first-order valence-corrected chi connectivity index (χ1v) is 13.2. The van der Waals surface area contributed by atoms with E-state index in [0.29, 0.717) is 18.4 Å². The number of alkyl halides is 3.